The van der Waals surface area contributed by atoms with Gasteiger partial charge in [0, 0.05) is 23.3 Å². The van der Waals surface area contributed by atoms with Crippen molar-refractivity contribution < 1.29 is 14.3 Å². The number of carbonyl (C=O) groups is 2. The molecular formula is C18H18O3S. The van der Waals surface area contributed by atoms with Gasteiger partial charge in [-0.2, -0.15) is 0 Å². The molecule has 0 aromatic heterocycles. The molecule has 2 aromatic carbocycles. The highest BCUT2D eigenvalue weighted by Crippen LogP contribution is 2.16. The van der Waals surface area contributed by atoms with Crippen molar-refractivity contribution in [3.05, 3.63) is 60.2 Å². The molecule has 0 saturated heterocycles. The highest BCUT2D eigenvalue weighted by molar-refractivity contribution is 7.98. The van der Waals surface area contributed by atoms with E-state index >= 15 is 0 Å². The molecule has 2 rings (SSSR count). The van der Waals surface area contributed by atoms with Gasteiger partial charge in [0.15, 0.2) is 11.6 Å². The van der Waals surface area contributed by atoms with Crippen LogP contribution in [-0.4, -0.2) is 24.4 Å². The molecule has 0 aliphatic rings. The van der Waals surface area contributed by atoms with Gasteiger partial charge >= 0.3 is 0 Å². The quantitative estimate of drug-likeness (QED) is 0.545. The van der Waals surface area contributed by atoms with Gasteiger partial charge in [0.1, 0.15) is 12.4 Å². The fourth-order valence-corrected chi connectivity index (χ4v) is 2.34. The Bertz CT molecular complexity index is 621. The molecule has 22 heavy (non-hydrogen) atoms. The van der Waals surface area contributed by atoms with Crippen LogP contribution in [0.15, 0.2) is 59.5 Å². The number of ether oxygens (including phenoxy) is 1. The van der Waals surface area contributed by atoms with E-state index in [9.17, 15) is 9.59 Å². The highest BCUT2D eigenvalue weighted by atomic mass is 32.2. The number of thioether (sulfide) groups is 1. The van der Waals surface area contributed by atoms with Crippen LogP contribution < -0.4 is 4.74 Å². The average molecular weight is 314 g/mol. The molecule has 3 nitrogen and oxygen atoms in total. The van der Waals surface area contributed by atoms with Crippen LogP contribution in [0.3, 0.4) is 0 Å². The maximum Gasteiger partial charge on any atom is 0.170 e. The molecule has 0 aliphatic carbocycles. The van der Waals surface area contributed by atoms with Crippen molar-refractivity contribution in [2.45, 2.75) is 17.7 Å². The van der Waals surface area contributed by atoms with Crippen molar-refractivity contribution in [1.29, 1.82) is 0 Å². The first-order chi connectivity index (χ1) is 10.7. The van der Waals surface area contributed by atoms with E-state index in [4.69, 9.17) is 4.74 Å². The zero-order valence-electron chi connectivity index (χ0n) is 12.5. The maximum absolute atomic E-state index is 12.0. The molecule has 0 N–H and O–H groups in total. The van der Waals surface area contributed by atoms with E-state index in [2.05, 4.69) is 0 Å². The van der Waals surface area contributed by atoms with E-state index in [1.165, 1.54) is 0 Å². The Kier molecular flexibility index (Phi) is 6.22. The summed E-state index contributed by atoms with van der Waals surface area (Å²) in [5.74, 6) is 0.577. The van der Waals surface area contributed by atoms with Gasteiger partial charge in [0.2, 0.25) is 0 Å². The van der Waals surface area contributed by atoms with Crippen LogP contribution in [-0.2, 0) is 4.79 Å². The van der Waals surface area contributed by atoms with E-state index in [0.29, 0.717) is 11.3 Å². The van der Waals surface area contributed by atoms with Crippen molar-refractivity contribution in [2.75, 3.05) is 12.9 Å². The second-order valence-electron chi connectivity index (χ2n) is 4.79. The molecule has 0 amide bonds. The third kappa shape index (κ3) is 5.04. The lowest BCUT2D eigenvalue weighted by Crippen LogP contribution is -2.13. The zero-order chi connectivity index (χ0) is 15.8. The summed E-state index contributed by atoms with van der Waals surface area (Å²) in [6, 6.07) is 16.6. The minimum atomic E-state index is -0.0714. The number of para-hydroxylation sites is 1. The molecule has 2 aromatic rings. The summed E-state index contributed by atoms with van der Waals surface area (Å²) in [6.45, 7) is 0.00268. The highest BCUT2D eigenvalue weighted by Gasteiger charge is 2.10. The molecular weight excluding hydrogens is 296 g/mol. The van der Waals surface area contributed by atoms with Crippen molar-refractivity contribution in [1.82, 2.24) is 0 Å². The Morgan fingerprint density at radius 2 is 1.64 bits per heavy atom. The van der Waals surface area contributed by atoms with Gasteiger partial charge in [0.25, 0.3) is 0 Å². The molecule has 0 radical (unpaired) electrons. The van der Waals surface area contributed by atoms with E-state index in [1.807, 2.05) is 36.6 Å². The first-order valence-electron chi connectivity index (χ1n) is 7.06. The lowest BCUT2D eigenvalue weighted by molar-refractivity contribution is -0.121. The third-order valence-electron chi connectivity index (χ3n) is 3.19. The van der Waals surface area contributed by atoms with Crippen molar-refractivity contribution in [3.8, 4) is 5.75 Å². The minimum absolute atomic E-state index is 0.00268. The molecule has 0 aliphatic heterocycles. The first-order valence-corrected chi connectivity index (χ1v) is 8.28. The van der Waals surface area contributed by atoms with Gasteiger partial charge in [-0.25, -0.2) is 0 Å². The SMILES string of the molecule is CSc1ccc(C(=O)CCC(=O)COc2ccccc2)cc1. The Labute approximate surface area is 134 Å². The van der Waals surface area contributed by atoms with Gasteiger partial charge in [0.05, 0.1) is 0 Å². The van der Waals surface area contributed by atoms with E-state index < -0.39 is 0 Å². The fraction of sp³-hybridized carbons (Fsp3) is 0.222. The zero-order valence-corrected chi connectivity index (χ0v) is 13.3. The Balaban J connectivity index is 1.76. The Morgan fingerprint density at radius 1 is 0.955 bits per heavy atom. The number of hydrogen-bond donors (Lipinski definition) is 0. The molecule has 0 unspecified atom stereocenters. The first kappa shape index (κ1) is 16.3. The second-order valence-corrected chi connectivity index (χ2v) is 5.67. The monoisotopic (exact) mass is 314 g/mol. The van der Waals surface area contributed by atoms with Crippen molar-refractivity contribution >= 4 is 23.3 Å². The molecule has 0 atom stereocenters. The molecule has 114 valence electrons. The standard InChI is InChI=1S/C18H18O3S/c1-22-17-10-7-14(8-11-17)18(20)12-9-15(19)13-21-16-5-3-2-4-6-16/h2-8,10-11H,9,12-13H2,1H3. The van der Waals surface area contributed by atoms with Crippen LogP contribution in [0.5, 0.6) is 5.75 Å². The summed E-state index contributed by atoms with van der Waals surface area (Å²) in [5.41, 5.74) is 0.648. The normalized spacial score (nSPS) is 10.2. The van der Waals surface area contributed by atoms with Gasteiger partial charge in [-0.3, -0.25) is 9.59 Å². The van der Waals surface area contributed by atoms with Crippen LogP contribution in [0.25, 0.3) is 0 Å². The summed E-state index contributed by atoms with van der Waals surface area (Å²) in [6.07, 6.45) is 2.41. The molecule has 0 spiro atoms. The number of ketones is 2. The largest absolute Gasteiger partial charge is 0.486 e. The number of benzene rings is 2. The van der Waals surface area contributed by atoms with Crippen LogP contribution in [0.1, 0.15) is 23.2 Å². The van der Waals surface area contributed by atoms with Gasteiger partial charge < -0.3 is 4.74 Å². The van der Waals surface area contributed by atoms with E-state index in [1.54, 1.807) is 36.0 Å². The number of rotatable bonds is 8. The predicted octanol–water partition coefficient (Wildman–Crippen LogP) is 4.02. The summed E-state index contributed by atoms with van der Waals surface area (Å²) < 4.78 is 5.37. The topological polar surface area (TPSA) is 43.4 Å². The van der Waals surface area contributed by atoms with E-state index in [-0.39, 0.29) is 31.0 Å². The van der Waals surface area contributed by atoms with Crippen LogP contribution in [0.4, 0.5) is 0 Å². The van der Waals surface area contributed by atoms with Gasteiger partial charge in [-0.05, 0) is 30.5 Å². The molecule has 4 heteroatoms. The Hall–Kier alpha value is -2.07. The smallest absolute Gasteiger partial charge is 0.170 e. The number of carbonyl (C=O) groups excluding carboxylic acids is 2. The number of hydrogen-bond acceptors (Lipinski definition) is 4. The van der Waals surface area contributed by atoms with Gasteiger partial charge in [-0.1, -0.05) is 30.3 Å². The molecule has 0 fully saturated rings. The van der Waals surface area contributed by atoms with Crippen molar-refractivity contribution in [2.24, 2.45) is 0 Å². The lowest BCUT2D eigenvalue weighted by Gasteiger charge is -2.05. The summed E-state index contributed by atoms with van der Waals surface area (Å²) in [5, 5.41) is 0. The lowest BCUT2D eigenvalue weighted by atomic mass is 10.1. The van der Waals surface area contributed by atoms with Gasteiger partial charge in [-0.15, -0.1) is 11.8 Å². The molecule has 0 heterocycles. The maximum atomic E-state index is 12.0. The fourth-order valence-electron chi connectivity index (χ4n) is 1.93. The predicted molar refractivity (Wildman–Crippen MR) is 88.7 cm³/mol. The summed E-state index contributed by atoms with van der Waals surface area (Å²) in [7, 11) is 0. The van der Waals surface area contributed by atoms with Crippen LogP contribution in [0, 0.1) is 0 Å². The van der Waals surface area contributed by atoms with E-state index in [0.717, 1.165) is 4.90 Å². The minimum Gasteiger partial charge on any atom is -0.486 e. The van der Waals surface area contributed by atoms with Crippen LogP contribution >= 0.6 is 11.8 Å². The summed E-state index contributed by atoms with van der Waals surface area (Å²) >= 11 is 1.63. The van der Waals surface area contributed by atoms with Crippen molar-refractivity contribution in [3.63, 3.8) is 0 Å². The molecule has 0 bridgehead atoms. The third-order valence-corrected chi connectivity index (χ3v) is 3.93. The van der Waals surface area contributed by atoms with Crippen LogP contribution in [0.2, 0.25) is 0 Å². The summed E-state index contributed by atoms with van der Waals surface area (Å²) in [4.78, 5) is 24.9. The molecule has 0 saturated carbocycles. The second kappa shape index (κ2) is 8.39. The number of Topliss-reactive ketones (excluding diaryl/α,β-unsaturated/α-hetero) is 2. The Morgan fingerprint density at radius 3 is 2.27 bits per heavy atom. The average Bonchev–Trinajstić information content (AvgIpc) is 2.58.